The first-order valence-electron chi connectivity index (χ1n) is 5.25. The first-order valence-corrected chi connectivity index (χ1v) is 7.22. The highest BCUT2D eigenvalue weighted by Crippen LogP contribution is 2.23. The van der Waals surface area contributed by atoms with Gasteiger partial charge in [-0.25, -0.2) is 4.98 Å². The molecule has 0 saturated heterocycles. The molecule has 0 atom stereocenters. The number of methoxy groups -OCH3 is 1. The number of thioether (sulfide) groups is 1. The summed E-state index contributed by atoms with van der Waals surface area (Å²) in [6.07, 6.45) is 1.17. The number of carbonyl (C=O) groups is 1. The van der Waals surface area contributed by atoms with Crippen molar-refractivity contribution in [3.8, 4) is 0 Å². The normalized spacial score (nSPS) is 10.7. The van der Waals surface area contributed by atoms with Gasteiger partial charge in [0, 0.05) is 19.8 Å². The van der Waals surface area contributed by atoms with Crippen molar-refractivity contribution in [3.63, 3.8) is 0 Å². The van der Waals surface area contributed by atoms with Gasteiger partial charge in [0.25, 0.3) is 0 Å². The molecule has 1 rings (SSSR count). The summed E-state index contributed by atoms with van der Waals surface area (Å²) in [6, 6.07) is 0. The van der Waals surface area contributed by atoms with Crippen LogP contribution in [0.5, 0.6) is 0 Å². The first-order chi connectivity index (χ1) is 7.69. The Balaban J connectivity index is 2.72. The second-order valence-electron chi connectivity index (χ2n) is 3.43. The molecule has 0 saturated carbocycles. The Hall–Kier alpha value is -0.390. The molecule has 5 heteroatoms. The lowest BCUT2D eigenvalue weighted by atomic mass is 10.3. The number of hydrogen-bond donors (Lipinski definition) is 0. The maximum Gasteiger partial charge on any atom is 0.171 e. The number of Topliss-reactive ketones (excluding diaryl/α,β-unsaturated/α-hetero) is 1. The van der Waals surface area contributed by atoms with Gasteiger partial charge in [-0.3, -0.25) is 4.79 Å². The van der Waals surface area contributed by atoms with E-state index in [9.17, 15) is 4.79 Å². The number of thiazole rings is 1. The summed E-state index contributed by atoms with van der Waals surface area (Å²) in [5.41, 5.74) is 0.784. The highest BCUT2D eigenvalue weighted by atomic mass is 32.2. The molecule has 0 N–H and O–H groups in total. The molecular formula is C11H17NO2S2. The fourth-order valence-electron chi connectivity index (χ4n) is 1.28. The van der Waals surface area contributed by atoms with Gasteiger partial charge in [-0.05, 0) is 12.2 Å². The predicted molar refractivity (Wildman–Crippen MR) is 69.3 cm³/mol. The van der Waals surface area contributed by atoms with E-state index in [-0.39, 0.29) is 5.78 Å². The second-order valence-corrected chi connectivity index (χ2v) is 5.61. The number of rotatable bonds is 7. The Labute approximate surface area is 105 Å². The minimum atomic E-state index is 0.0799. The summed E-state index contributed by atoms with van der Waals surface area (Å²) in [4.78, 5) is 16.6. The van der Waals surface area contributed by atoms with Crippen LogP contribution in [0.3, 0.4) is 0 Å². The van der Waals surface area contributed by atoms with Gasteiger partial charge < -0.3 is 4.74 Å². The van der Waals surface area contributed by atoms with Gasteiger partial charge in [-0.2, -0.15) is 11.8 Å². The molecule has 0 radical (unpaired) electrons. The van der Waals surface area contributed by atoms with Crippen molar-refractivity contribution in [3.05, 3.63) is 15.6 Å². The zero-order valence-electron chi connectivity index (χ0n) is 9.91. The van der Waals surface area contributed by atoms with E-state index in [0.717, 1.165) is 27.1 Å². The molecule has 1 heterocycles. The van der Waals surface area contributed by atoms with E-state index < -0.39 is 0 Å². The number of ketones is 1. The van der Waals surface area contributed by atoms with Crippen molar-refractivity contribution in [1.82, 2.24) is 4.98 Å². The lowest BCUT2D eigenvalue weighted by Gasteiger charge is -1.95. The summed E-state index contributed by atoms with van der Waals surface area (Å²) >= 11 is 3.35. The average molecular weight is 259 g/mol. The Morgan fingerprint density at radius 3 is 2.88 bits per heavy atom. The van der Waals surface area contributed by atoms with E-state index >= 15 is 0 Å². The fourth-order valence-corrected chi connectivity index (χ4v) is 3.19. The predicted octanol–water partition coefficient (Wildman–Crippen LogP) is 3.14. The van der Waals surface area contributed by atoms with E-state index in [1.807, 2.05) is 11.8 Å². The quantitative estimate of drug-likeness (QED) is 0.557. The zero-order valence-corrected chi connectivity index (χ0v) is 11.5. The molecule has 0 bridgehead atoms. The van der Waals surface area contributed by atoms with Crippen LogP contribution in [0.15, 0.2) is 0 Å². The second kappa shape index (κ2) is 7.04. The number of ether oxygens (including phenoxy) is 1. The van der Waals surface area contributed by atoms with Crippen LogP contribution in [0.4, 0.5) is 0 Å². The molecule has 1 aromatic rings. The number of nitrogens with zero attached hydrogens (tertiary/aromatic N) is 1. The van der Waals surface area contributed by atoms with Crippen LogP contribution in [0.1, 0.15) is 40.6 Å². The monoisotopic (exact) mass is 259 g/mol. The summed E-state index contributed by atoms with van der Waals surface area (Å²) in [5, 5.41) is 1.02. The lowest BCUT2D eigenvalue weighted by molar-refractivity contribution is 0.101. The van der Waals surface area contributed by atoms with E-state index in [1.165, 1.54) is 17.8 Å². The van der Waals surface area contributed by atoms with Gasteiger partial charge >= 0.3 is 0 Å². The minimum Gasteiger partial charge on any atom is -0.378 e. The minimum absolute atomic E-state index is 0.0799. The Kier molecular flexibility index (Phi) is 6.01. The summed E-state index contributed by atoms with van der Waals surface area (Å²) in [6.45, 7) is 4.16. The van der Waals surface area contributed by atoms with E-state index in [0.29, 0.717) is 6.61 Å². The van der Waals surface area contributed by atoms with Crippen LogP contribution >= 0.6 is 23.1 Å². The van der Waals surface area contributed by atoms with E-state index in [4.69, 9.17) is 4.74 Å². The van der Waals surface area contributed by atoms with Gasteiger partial charge in [-0.1, -0.05) is 6.92 Å². The molecule has 0 aliphatic rings. The van der Waals surface area contributed by atoms with Crippen LogP contribution in [0, 0.1) is 0 Å². The third kappa shape index (κ3) is 3.88. The number of carbonyl (C=O) groups excluding carboxylic acids is 1. The van der Waals surface area contributed by atoms with E-state index in [2.05, 4.69) is 11.9 Å². The van der Waals surface area contributed by atoms with Gasteiger partial charge in [-0.15, -0.1) is 11.3 Å². The molecule has 0 unspecified atom stereocenters. The molecular weight excluding hydrogens is 242 g/mol. The summed E-state index contributed by atoms with van der Waals surface area (Å²) < 4.78 is 5.04. The molecule has 90 valence electrons. The van der Waals surface area contributed by atoms with Crippen LogP contribution < -0.4 is 0 Å². The van der Waals surface area contributed by atoms with Crippen molar-refractivity contribution in [2.75, 3.05) is 12.9 Å². The van der Waals surface area contributed by atoms with Gasteiger partial charge in [0.15, 0.2) is 5.78 Å². The van der Waals surface area contributed by atoms with Crippen LogP contribution in [-0.4, -0.2) is 23.6 Å². The average Bonchev–Trinajstić information content (AvgIpc) is 2.62. The van der Waals surface area contributed by atoms with Crippen molar-refractivity contribution >= 4 is 28.9 Å². The van der Waals surface area contributed by atoms with Crippen LogP contribution in [0.25, 0.3) is 0 Å². The maximum atomic E-state index is 11.4. The van der Waals surface area contributed by atoms with Crippen LogP contribution in [0.2, 0.25) is 0 Å². The Morgan fingerprint density at radius 1 is 1.56 bits per heavy atom. The lowest BCUT2D eigenvalue weighted by Crippen LogP contribution is -1.97. The van der Waals surface area contributed by atoms with Crippen LogP contribution in [-0.2, 0) is 17.1 Å². The molecule has 0 amide bonds. The fraction of sp³-hybridized carbons (Fsp3) is 0.636. The molecule has 0 fully saturated rings. The molecule has 0 aromatic carbocycles. The third-order valence-electron chi connectivity index (χ3n) is 1.92. The highest BCUT2D eigenvalue weighted by Gasteiger charge is 2.14. The Morgan fingerprint density at radius 2 is 2.31 bits per heavy atom. The van der Waals surface area contributed by atoms with Gasteiger partial charge in [0.1, 0.15) is 5.01 Å². The first kappa shape index (κ1) is 13.7. The smallest absolute Gasteiger partial charge is 0.171 e. The van der Waals surface area contributed by atoms with E-state index in [1.54, 1.807) is 14.0 Å². The molecule has 0 aliphatic carbocycles. The molecule has 0 aliphatic heterocycles. The summed E-state index contributed by atoms with van der Waals surface area (Å²) in [5.74, 6) is 2.10. The molecule has 1 aromatic heterocycles. The third-order valence-corrected chi connectivity index (χ3v) is 4.47. The zero-order chi connectivity index (χ0) is 12.0. The highest BCUT2D eigenvalue weighted by molar-refractivity contribution is 7.98. The molecule has 16 heavy (non-hydrogen) atoms. The Bertz CT molecular complexity index is 350. The number of aromatic nitrogens is 1. The van der Waals surface area contributed by atoms with Crippen molar-refractivity contribution in [1.29, 1.82) is 0 Å². The van der Waals surface area contributed by atoms with Gasteiger partial charge in [0.2, 0.25) is 0 Å². The molecule has 3 nitrogen and oxygen atoms in total. The number of hydrogen-bond acceptors (Lipinski definition) is 5. The SMILES string of the molecule is CCCSCc1nc(COC)c(C(C)=O)s1. The largest absolute Gasteiger partial charge is 0.378 e. The maximum absolute atomic E-state index is 11.4. The van der Waals surface area contributed by atoms with Crippen molar-refractivity contribution in [2.24, 2.45) is 0 Å². The molecule has 0 spiro atoms. The topological polar surface area (TPSA) is 39.2 Å². The summed E-state index contributed by atoms with van der Waals surface area (Å²) in [7, 11) is 1.62. The standard InChI is InChI=1S/C11H17NO2S2/c1-4-5-15-7-10-12-9(6-14-3)11(16-10)8(2)13/h4-7H2,1-3H3. The van der Waals surface area contributed by atoms with Gasteiger partial charge in [0.05, 0.1) is 17.2 Å². The van der Waals surface area contributed by atoms with Crippen molar-refractivity contribution in [2.45, 2.75) is 32.6 Å². The van der Waals surface area contributed by atoms with Crippen molar-refractivity contribution < 1.29 is 9.53 Å².